The second-order valence-corrected chi connectivity index (χ2v) is 11.4. The second-order valence-electron chi connectivity index (χ2n) is 11.4. The zero-order chi connectivity index (χ0) is 32.3. The molecular formula is C34H32F2N6O5. The fraction of sp³-hybridized carbons (Fsp3) is 0.265. The number of aromatic amines is 1. The van der Waals surface area contributed by atoms with Gasteiger partial charge in [0, 0.05) is 61.7 Å². The molecule has 7 rings (SSSR count). The average Bonchev–Trinajstić information content (AvgIpc) is 3.55. The molecule has 1 amide bonds. The number of hydrogen-bond acceptors (Lipinski definition) is 8. The first-order valence-electron chi connectivity index (χ1n) is 15.3. The summed E-state index contributed by atoms with van der Waals surface area (Å²) in [5, 5.41) is 10.5. The first-order valence-corrected chi connectivity index (χ1v) is 15.3. The molecule has 0 bridgehead atoms. The molecule has 4 heterocycles. The van der Waals surface area contributed by atoms with Crippen molar-refractivity contribution in [3.63, 3.8) is 0 Å². The maximum atomic E-state index is 15.5. The number of carbonyl (C=O) groups is 1. The summed E-state index contributed by atoms with van der Waals surface area (Å²) in [6.45, 7) is 5.49. The Morgan fingerprint density at radius 1 is 0.915 bits per heavy atom. The molecule has 0 radical (unpaired) electrons. The van der Waals surface area contributed by atoms with Crippen molar-refractivity contribution in [2.24, 2.45) is 0 Å². The van der Waals surface area contributed by atoms with Gasteiger partial charge in [-0.1, -0.05) is 0 Å². The minimum absolute atomic E-state index is 0.0356. The molecular weight excluding hydrogens is 610 g/mol. The number of H-pyrrole nitrogens is 1. The van der Waals surface area contributed by atoms with Gasteiger partial charge in [0.1, 0.15) is 11.4 Å². The third-order valence-corrected chi connectivity index (χ3v) is 8.21. The molecule has 2 N–H and O–H groups in total. The van der Waals surface area contributed by atoms with Crippen LogP contribution in [-0.4, -0.2) is 78.2 Å². The monoisotopic (exact) mass is 642 g/mol. The molecule has 2 aliphatic rings. The Kier molecular flexibility index (Phi) is 8.66. The summed E-state index contributed by atoms with van der Waals surface area (Å²) in [6.07, 6.45) is 3.32. The quantitative estimate of drug-likeness (QED) is 0.251. The summed E-state index contributed by atoms with van der Waals surface area (Å²) in [4.78, 5) is 31.3. The van der Waals surface area contributed by atoms with E-state index in [9.17, 15) is 14.0 Å². The minimum Gasteiger partial charge on any atom is -0.452 e. The van der Waals surface area contributed by atoms with Crippen molar-refractivity contribution in [3.05, 3.63) is 106 Å². The molecule has 11 nitrogen and oxygen atoms in total. The van der Waals surface area contributed by atoms with E-state index < -0.39 is 23.1 Å². The first-order chi connectivity index (χ1) is 22.9. The van der Waals surface area contributed by atoms with Gasteiger partial charge in [0.25, 0.3) is 11.5 Å². The van der Waals surface area contributed by atoms with Gasteiger partial charge >= 0.3 is 0 Å². The summed E-state index contributed by atoms with van der Waals surface area (Å²) in [6, 6.07) is 14.8. The van der Waals surface area contributed by atoms with E-state index in [-0.39, 0.29) is 17.0 Å². The number of fused-ring (bicyclic) bond motifs is 1. The molecule has 242 valence electrons. The first kappa shape index (κ1) is 30.5. The van der Waals surface area contributed by atoms with Crippen LogP contribution >= 0.6 is 0 Å². The van der Waals surface area contributed by atoms with Crippen molar-refractivity contribution in [3.8, 4) is 17.2 Å². The molecule has 0 spiro atoms. The van der Waals surface area contributed by atoms with E-state index in [1.165, 1.54) is 41.0 Å². The number of nitrogens with zero attached hydrogens (tertiary/aromatic N) is 4. The van der Waals surface area contributed by atoms with E-state index in [1.807, 2.05) is 6.07 Å². The highest BCUT2D eigenvalue weighted by atomic mass is 19.1. The van der Waals surface area contributed by atoms with E-state index in [4.69, 9.17) is 14.2 Å². The molecule has 13 heteroatoms. The number of rotatable bonds is 8. The van der Waals surface area contributed by atoms with Crippen molar-refractivity contribution in [2.45, 2.75) is 6.54 Å². The van der Waals surface area contributed by atoms with Crippen LogP contribution in [-0.2, 0) is 16.0 Å². The summed E-state index contributed by atoms with van der Waals surface area (Å²) in [5.41, 5.74) is 2.13. The van der Waals surface area contributed by atoms with E-state index >= 15 is 4.39 Å². The molecule has 2 aromatic heterocycles. The van der Waals surface area contributed by atoms with Crippen LogP contribution in [0.1, 0.15) is 15.9 Å². The molecule has 2 saturated heterocycles. The average molecular weight is 643 g/mol. The number of amides is 1. The van der Waals surface area contributed by atoms with Gasteiger partial charge in [-0.2, -0.15) is 5.10 Å². The number of halogens is 2. The van der Waals surface area contributed by atoms with Crippen molar-refractivity contribution >= 4 is 28.2 Å². The van der Waals surface area contributed by atoms with Crippen LogP contribution in [0.3, 0.4) is 0 Å². The van der Waals surface area contributed by atoms with Crippen LogP contribution in [0.4, 0.5) is 20.2 Å². The highest BCUT2D eigenvalue weighted by Crippen LogP contribution is 2.37. The molecule has 5 aromatic rings. The molecule has 47 heavy (non-hydrogen) atoms. The topological polar surface area (TPSA) is 114 Å². The number of pyridine rings is 1. The van der Waals surface area contributed by atoms with Gasteiger partial charge < -0.3 is 24.4 Å². The maximum absolute atomic E-state index is 15.5. The zero-order valence-corrected chi connectivity index (χ0v) is 25.4. The van der Waals surface area contributed by atoms with Crippen molar-refractivity contribution < 1.29 is 27.8 Å². The Morgan fingerprint density at radius 2 is 1.66 bits per heavy atom. The van der Waals surface area contributed by atoms with Crippen molar-refractivity contribution in [2.75, 3.05) is 62.8 Å². The number of hydrogen-bond donors (Lipinski definition) is 2. The predicted octanol–water partition coefficient (Wildman–Crippen LogP) is 4.71. The lowest BCUT2D eigenvalue weighted by Crippen LogP contribution is -2.36. The van der Waals surface area contributed by atoms with Crippen LogP contribution < -0.4 is 20.5 Å². The Balaban J connectivity index is 1.15. The summed E-state index contributed by atoms with van der Waals surface area (Å²) < 4.78 is 47.5. The third kappa shape index (κ3) is 6.73. The van der Waals surface area contributed by atoms with Gasteiger partial charge in [0.05, 0.1) is 43.8 Å². The smallest absolute Gasteiger partial charge is 0.267 e. The van der Waals surface area contributed by atoms with Crippen molar-refractivity contribution in [1.82, 2.24) is 19.7 Å². The van der Waals surface area contributed by atoms with Crippen LogP contribution in [0.25, 0.3) is 16.6 Å². The third-order valence-electron chi connectivity index (χ3n) is 8.21. The van der Waals surface area contributed by atoms with Gasteiger partial charge in [-0.05, 0) is 60.2 Å². The molecule has 0 aliphatic carbocycles. The largest absolute Gasteiger partial charge is 0.452 e. The predicted molar refractivity (Wildman–Crippen MR) is 172 cm³/mol. The standard InChI is InChI=1S/C34H32F2N6O5/c35-24-1-4-26(5-2-24)42-21-22(20-40-7-11-45-12-8-40)15-27(34(42)44)33(43)38-25-3-6-31(28(36)17-25)47-32-16-23-19-37-39-29(23)18-30(32)41-9-13-46-14-10-41/h1-6,15-19,21H,7-14,20H2,(H,37,39)(H,38,43). The van der Waals surface area contributed by atoms with Crippen LogP contribution in [0.5, 0.6) is 11.5 Å². The number of ether oxygens (including phenoxy) is 3. The molecule has 3 aromatic carbocycles. The highest BCUT2D eigenvalue weighted by molar-refractivity contribution is 6.04. The molecule has 2 fully saturated rings. The molecule has 0 unspecified atom stereocenters. The Hall–Kier alpha value is -5.11. The Bertz CT molecular complexity index is 1970. The summed E-state index contributed by atoms with van der Waals surface area (Å²) in [7, 11) is 0. The number of carbonyl (C=O) groups excluding carboxylic acids is 1. The highest BCUT2D eigenvalue weighted by Gasteiger charge is 2.21. The number of aromatic nitrogens is 3. The van der Waals surface area contributed by atoms with Crippen LogP contribution in [0.15, 0.2) is 77.9 Å². The van der Waals surface area contributed by atoms with Gasteiger partial charge in [0.2, 0.25) is 0 Å². The lowest BCUT2D eigenvalue weighted by molar-refractivity contribution is 0.0341. The Labute approximate surface area is 268 Å². The fourth-order valence-electron chi connectivity index (χ4n) is 5.77. The Morgan fingerprint density at radius 3 is 2.40 bits per heavy atom. The fourth-order valence-corrected chi connectivity index (χ4v) is 5.77. The lowest BCUT2D eigenvalue weighted by atomic mass is 10.1. The second kappa shape index (κ2) is 13.3. The van der Waals surface area contributed by atoms with Crippen LogP contribution in [0.2, 0.25) is 0 Å². The number of anilines is 2. The van der Waals surface area contributed by atoms with Crippen molar-refractivity contribution in [1.29, 1.82) is 0 Å². The van der Waals surface area contributed by atoms with Crippen LogP contribution in [0, 0.1) is 11.6 Å². The van der Waals surface area contributed by atoms with E-state index in [0.717, 1.165) is 22.7 Å². The van der Waals surface area contributed by atoms with E-state index in [0.29, 0.717) is 76.2 Å². The lowest BCUT2D eigenvalue weighted by Gasteiger charge is -2.30. The van der Waals surface area contributed by atoms with Gasteiger partial charge in [0.15, 0.2) is 17.3 Å². The molecule has 2 aliphatic heterocycles. The maximum Gasteiger partial charge on any atom is 0.267 e. The molecule has 0 atom stereocenters. The van der Waals surface area contributed by atoms with E-state index in [2.05, 4.69) is 25.3 Å². The number of benzene rings is 3. The van der Waals surface area contributed by atoms with E-state index in [1.54, 1.807) is 24.5 Å². The normalized spacial score (nSPS) is 15.6. The number of nitrogens with one attached hydrogen (secondary N) is 2. The number of morpholine rings is 2. The minimum atomic E-state index is -0.706. The zero-order valence-electron chi connectivity index (χ0n) is 25.4. The SMILES string of the molecule is O=C(Nc1ccc(Oc2cc3cn[nH]c3cc2N2CCOCC2)c(F)c1)c1cc(CN2CCOCC2)cn(-c2ccc(F)cc2)c1=O. The van der Waals surface area contributed by atoms with Gasteiger partial charge in [-0.3, -0.25) is 24.2 Å². The van der Waals surface area contributed by atoms with Gasteiger partial charge in [-0.25, -0.2) is 8.78 Å². The molecule has 0 saturated carbocycles. The summed E-state index contributed by atoms with van der Waals surface area (Å²) in [5.74, 6) is -1.44. The van der Waals surface area contributed by atoms with Gasteiger partial charge in [-0.15, -0.1) is 0 Å². The summed E-state index contributed by atoms with van der Waals surface area (Å²) >= 11 is 0.